The van der Waals surface area contributed by atoms with Gasteiger partial charge in [0, 0.05) is 18.4 Å². The predicted octanol–water partition coefficient (Wildman–Crippen LogP) is 2.99. The van der Waals surface area contributed by atoms with E-state index in [4.69, 9.17) is 0 Å². The average molecular weight is 255 g/mol. The van der Waals surface area contributed by atoms with Gasteiger partial charge in [-0.3, -0.25) is 9.78 Å². The van der Waals surface area contributed by atoms with E-state index in [1.54, 1.807) is 13.2 Å². The molecule has 2 aromatic rings. The summed E-state index contributed by atoms with van der Waals surface area (Å²) in [6.45, 7) is 3.90. The second-order valence-corrected chi connectivity index (χ2v) is 4.44. The van der Waals surface area contributed by atoms with Crippen molar-refractivity contribution in [1.29, 1.82) is 0 Å². The van der Waals surface area contributed by atoms with Crippen LogP contribution >= 0.6 is 0 Å². The van der Waals surface area contributed by atoms with Crippen molar-refractivity contribution in [2.45, 2.75) is 13.8 Å². The van der Waals surface area contributed by atoms with Gasteiger partial charge >= 0.3 is 0 Å². The molecule has 0 aliphatic rings. The molecular weight excluding hydrogens is 238 g/mol. The summed E-state index contributed by atoms with van der Waals surface area (Å²) < 4.78 is 0. The number of hydrogen-bond acceptors (Lipinski definition) is 3. The fourth-order valence-corrected chi connectivity index (χ4v) is 1.80. The Balaban J connectivity index is 2.22. The Hall–Kier alpha value is -2.36. The Morgan fingerprint density at radius 1 is 1.16 bits per heavy atom. The first-order valence-corrected chi connectivity index (χ1v) is 6.12. The molecule has 98 valence electrons. The lowest BCUT2D eigenvalue weighted by atomic mass is 10.1. The van der Waals surface area contributed by atoms with Crippen molar-refractivity contribution in [1.82, 2.24) is 4.98 Å². The average Bonchev–Trinajstić information content (AvgIpc) is 2.41. The maximum absolute atomic E-state index is 12.2. The Morgan fingerprint density at radius 3 is 2.58 bits per heavy atom. The number of amides is 1. The molecule has 0 saturated carbocycles. The summed E-state index contributed by atoms with van der Waals surface area (Å²) in [6.07, 6.45) is 1.65. The highest BCUT2D eigenvalue weighted by Gasteiger charge is 2.11. The summed E-state index contributed by atoms with van der Waals surface area (Å²) in [5.74, 6) is -0.144. The van der Waals surface area contributed by atoms with E-state index in [0.29, 0.717) is 11.3 Å². The number of rotatable bonds is 3. The first kappa shape index (κ1) is 13.1. The molecule has 19 heavy (non-hydrogen) atoms. The third-order valence-electron chi connectivity index (χ3n) is 2.86. The molecule has 0 fully saturated rings. The second kappa shape index (κ2) is 5.52. The summed E-state index contributed by atoms with van der Waals surface area (Å²) in [7, 11) is 1.80. The van der Waals surface area contributed by atoms with Crippen LogP contribution in [0.5, 0.6) is 0 Å². The molecule has 4 nitrogen and oxygen atoms in total. The Morgan fingerprint density at radius 2 is 1.95 bits per heavy atom. The lowest BCUT2D eigenvalue weighted by Crippen LogP contribution is -2.14. The van der Waals surface area contributed by atoms with Gasteiger partial charge in [-0.05, 0) is 43.7 Å². The molecule has 0 saturated heterocycles. The lowest BCUT2D eigenvalue weighted by Gasteiger charge is -2.10. The molecule has 0 aliphatic heterocycles. The number of carbonyl (C=O) groups is 1. The van der Waals surface area contributed by atoms with Gasteiger partial charge in [-0.15, -0.1) is 0 Å². The number of pyridine rings is 1. The number of hydrogen-bond donors (Lipinski definition) is 2. The van der Waals surface area contributed by atoms with Crippen LogP contribution in [0.4, 0.5) is 11.4 Å². The summed E-state index contributed by atoms with van der Waals surface area (Å²) in [6, 6.07) is 9.39. The molecule has 0 radical (unpaired) electrons. The molecule has 2 rings (SSSR count). The zero-order valence-corrected chi connectivity index (χ0v) is 11.3. The SMILES string of the molecule is CNc1cc(C)ccc1C(=O)Nc1ccc(C)nc1. The van der Waals surface area contributed by atoms with Crippen LogP contribution < -0.4 is 10.6 Å². The zero-order chi connectivity index (χ0) is 13.8. The zero-order valence-electron chi connectivity index (χ0n) is 11.3. The smallest absolute Gasteiger partial charge is 0.257 e. The highest BCUT2D eigenvalue weighted by Crippen LogP contribution is 2.18. The maximum Gasteiger partial charge on any atom is 0.257 e. The lowest BCUT2D eigenvalue weighted by molar-refractivity contribution is 0.102. The Bertz CT molecular complexity index is 591. The Labute approximate surface area is 112 Å². The molecule has 2 N–H and O–H groups in total. The monoisotopic (exact) mass is 255 g/mol. The van der Waals surface area contributed by atoms with E-state index in [-0.39, 0.29) is 5.91 Å². The molecule has 0 spiro atoms. The summed E-state index contributed by atoms with van der Waals surface area (Å²) in [4.78, 5) is 16.4. The third-order valence-corrected chi connectivity index (χ3v) is 2.86. The minimum absolute atomic E-state index is 0.144. The van der Waals surface area contributed by atoms with Crippen molar-refractivity contribution in [3.63, 3.8) is 0 Å². The first-order chi connectivity index (χ1) is 9.10. The van der Waals surface area contributed by atoms with Crippen molar-refractivity contribution in [2.24, 2.45) is 0 Å². The maximum atomic E-state index is 12.2. The van der Waals surface area contributed by atoms with Gasteiger partial charge in [0.05, 0.1) is 17.4 Å². The van der Waals surface area contributed by atoms with Crippen LogP contribution in [-0.4, -0.2) is 17.9 Å². The standard InChI is InChI=1S/C15H17N3O/c1-10-4-7-13(14(8-10)16-3)15(19)18-12-6-5-11(2)17-9-12/h4-9,16H,1-3H3,(H,18,19). The Kier molecular flexibility index (Phi) is 3.80. The second-order valence-electron chi connectivity index (χ2n) is 4.44. The quantitative estimate of drug-likeness (QED) is 0.886. The fraction of sp³-hybridized carbons (Fsp3) is 0.200. The number of nitrogens with one attached hydrogen (secondary N) is 2. The van der Waals surface area contributed by atoms with Crippen LogP contribution in [0, 0.1) is 13.8 Å². The van der Waals surface area contributed by atoms with Crippen molar-refractivity contribution in [3.05, 3.63) is 53.3 Å². The highest BCUT2D eigenvalue weighted by atomic mass is 16.1. The van der Waals surface area contributed by atoms with Crippen LogP contribution in [0.15, 0.2) is 36.5 Å². The number of nitrogens with zero attached hydrogens (tertiary/aromatic N) is 1. The van der Waals surface area contributed by atoms with Crippen molar-refractivity contribution in [2.75, 3.05) is 17.7 Å². The molecule has 4 heteroatoms. The van der Waals surface area contributed by atoms with Crippen molar-refractivity contribution in [3.8, 4) is 0 Å². The number of benzene rings is 1. The molecule has 0 aliphatic carbocycles. The minimum Gasteiger partial charge on any atom is -0.387 e. The van der Waals surface area contributed by atoms with Gasteiger partial charge in [-0.2, -0.15) is 0 Å². The van der Waals surface area contributed by atoms with Gasteiger partial charge in [0.15, 0.2) is 0 Å². The fourth-order valence-electron chi connectivity index (χ4n) is 1.80. The highest BCUT2D eigenvalue weighted by molar-refractivity contribution is 6.08. The van der Waals surface area contributed by atoms with Gasteiger partial charge < -0.3 is 10.6 Å². The first-order valence-electron chi connectivity index (χ1n) is 6.12. The van der Waals surface area contributed by atoms with Crippen LogP contribution in [-0.2, 0) is 0 Å². The van der Waals surface area contributed by atoms with Crippen LogP contribution in [0.3, 0.4) is 0 Å². The molecule has 1 heterocycles. The van der Waals surface area contributed by atoms with Crippen LogP contribution in [0.2, 0.25) is 0 Å². The van der Waals surface area contributed by atoms with E-state index in [9.17, 15) is 4.79 Å². The number of aryl methyl sites for hydroxylation is 2. The molecule has 0 bridgehead atoms. The van der Waals surface area contributed by atoms with Crippen molar-refractivity contribution < 1.29 is 4.79 Å². The largest absolute Gasteiger partial charge is 0.387 e. The third kappa shape index (κ3) is 3.10. The molecule has 1 aromatic heterocycles. The van der Waals surface area contributed by atoms with Gasteiger partial charge in [0.2, 0.25) is 0 Å². The van der Waals surface area contributed by atoms with Gasteiger partial charge in [0.25, 0.3) is 5.91 Å². The molecule has 0 unspecified atom stereocenters. The topological polar surface area (TPSA) is 54.0 Å². The van der Waals surface area contributed by atoms with E-state index in [2.05, 4.69) is 15.6 Å². The van der Waals surface area contributed by atoms with Gasteiger partial charge in [-0.1, -0.05) is 6.07 Å². The molecule has 1 aromatic carbocycles. The normalized spacial score (nSPS) is 10.1. The van der Waals surface area contributed by atoms with E-state index >= 15 is 0 Å². The molecular formula is C15H17N3O. The van der Waals surface area contributed by atoms with Gasteiger partial charge in [0.1, 0.15) is 0 Å². The van der Waals surface area contributed by atoms with Crippen LogP contribution in [0.25, 0.3) is 0 Å². The minimum atomic E-state index is -0.144. The predicted molar refractivity (Wildman–Crippen MR) is 77.7 cm³/mol. The summed E-state index contributed by atoms with van der Waals surface area (Å²) in [5.41, 5.74) is 4.16. The van der Waals surface area contributed by atoms with E-state index in [1.807, 2.05) is 44.2 Å². The molecule has 1 amide bonds. The summed E-state index contributed by atoms with van der Waals surface area (Å²) >= 11 is 0. The van der Waals surface area contributed by atoms with Crippen molar-refractivity contribution >= 4 is 17.3 Å². The molecule has 0 atom stereocenters. The van der Waals surface area contributed by atoms with E-state index in [1.165, 1.54) is 0 Å². The number of anilines is 2. The van der Waals surface area contributed by atoms with E-state index < -0.39 is 0 Å². The van der Waals surface area contributed by atoms with E-state index in [0.717, 1.165) is 16.9 Å². The van der Waals surface area contributed by atoms with Crippen LogP contribution in [0.1, 0.15) is 21.6 Å². The van der Waals surface area contributed by atoms with Gasteiger partial charge in [-0.25, -0.2) is 0 Å². The number of carbonyl (C=O) groups excluding carboxylic acids is 1. The summed E-state index contributed by atoms with van der Waals surface area (Å²) in [5, 5.41) is 5.87. The number of aromatic nitrogens is 1.